The molecule has 3 aromatic rings. The Bertz CT molecular complexity index is 928. The summed E-state index contributed by atoms with van der Waals surface area (Å²) >= 11 is 5.96. The maximum absolute atomic E-state index is 12.1. The molecular weight excluding hydrogens is 344 g/mol. The molecule has 1 aromatic heterocycles. The molecule has 0 aliphatic heterocycles. The Kier molecular flexibility index (Phi) is 5.05. The second-order valence-electron chi connectivity index (χ2n) is 5.36. The normalized spacial score (nSPS) is 10.6. The Hall–Kier alpha value is -2.79. The number of benzene rings is 2. The molecule has 0 unspecified atom stereocenters. The van der Waals surface area contributed by atoms with Gasteiger partial charge in [-0.1, -0.05) is 23.7 Å². The van der Waals surface area contributed by atoms with Crippen molar-refractivity contribution < 1.29 is 23.5 Å². The minimum absolute atomic E-state index is 0.00906. The molecule has 0 saturated carbocycles. The summed E-state index contributed by atoms with van der Waals surface area (Å²) in [4.78, 5) is 24.1. The van der Waals surface area contributed by atoms with Gasteiger partial charge in [-0.2, -0.15) is 0 Å². The van der Waals surface area contributed by atoms with Gasteiger partial charge in [0, 0.05) is 22.6 Å². The van der Waals surface area contributed by atoms with Gasteiger partial charge in [0.2, 0.25) is 5.78 Å². The number of rotatable bonds is 6. The van der Waals surface area contributed by atoms with Crippen LogP contribution in [0.3, 0.4) is 0 Å². The number of Topliss-reactive ketones (excluding diaryl/α,β-unsaturated/α-hetero) is 1. The maximum atomic E-state index is 12.1. The summed E-state index contributed by atoms with van der Waals surface area (Å²) < 4.78 is 15.6. The lowest BCUT2D eigenvalue weighted by Gasteiger charge is -2.05. The van der Waals surface area contributed by atoms with Gasteiger partial charge in [0.25, 0.3) is 0 Å². The Balaban J connectivity index is 1.63. The van der Waals surface area contributed by atoms with Crippen molar-refractivity contribution in [1.82, 2.24) is 0 Å². The van der Waals surface area contributed by atoms with Crippen LogP contribution in [0.25, 0.3) is 11.0 Å². The number of methoxy groups -OCH3 is 1. The zero-order valence-corrected chi connectivity index (χ0v) is 14.2. The van der Waals surface area contributed by atoms with Gasteiger partial charge in [0.1, 0.15) is 11.3 Å². The van der Waals surface area contributed by atoms with Crippen LogP contribution in [-0.4, -0.2) is 25.5 Å². The summed E-state index contributed by atoms with van der Waals surface area (Å²) in [6.45, 7) is -0.355. The van der Waals surface area contributed by atoms with Gasteiger partial charge in [-0.3, -0.25) is 9.59 Å². The van der Waals surface area contributed by atoms with Crippen LogP contribution >= 0.6 is 11.6 Å². The first-order valence-corrected chi connectivity index (χ1v) is 7.93. The van der Waals surface area contributed by atoms with Crippen molar-refractivity contribution >= 4 is 34.3 Å². The second kappa shape index (κ2) is 7.40. The quantitative estimate of drug-likeness (QED) is 0.491. The number of carbonyl (C=O) groups excluding carboxylic acids is 2. The first-order chi connectivity index (χ1) is 12.1. The van der Waals surface area contributed by atoms with Gasteiger partial charge in [0.05, 0.1) is 24.8 Å². The minimum Gasteiger partial charge on any atom is -0.497 e. The molecule has 0 aliphatic rings. The largest absolute Gasteiger partial charge is 0.497 e. The van der Waals surface area contributed by atoms with Crippen molar-refractivity contribution in [3.8, 4) is 5.75 Å². The predicted molar refractivity (Wildman–Crippen MR) is 93.2 cm³/mol. The molecule has 0 saturated heterocycles. The Morgan fingerprint density at radius 2 is 1.96 bits per heavy atom. The lowest BCUT2D eigenvalue weighted by atomic mass is 10.1. The number of ether oxygens (including phenoxy) is 2. The molecular formula is C19H15ClO5. The van der Waals surface area contributed by atoms with Gasteiger partial charge < -0.3 is 13.9 Å². The number of furan rings is 1. The number of hydrogen-bond donors (Lipinski definition) is 0. The highest BCUT2D eigenvalue weighted by atomic mass is 35.5. The Labute approximate surface area is 149 Å². The first-order valence-electron chi connectivity index (χ1n) is 7.56. The molecule has 25 heavy (non-hydrogen) atoms. The number of carbonyl (C=O) groups is 2. The molecule has 6 heteroatoms. The van der Waals surface area contributed by atoms with Crippen molar-refractivity contribution in [2.45, 2.75) is 6.42 Å². The van der Waals surface area contributed by atoms with E-state index in [1.165, 1.54) is 6.26 Å². The molecule has 0 atom stereocenters. The topological polar surface area (TPSA) is 65.7 Å². The molecule has 0 bridgehead atoms. The summed E-state index contributed by atoms with van der Waals surface area (Å²) in [5.41, 5.74) is 1.64. The van der Waals surface area contributed by atoms with Crippen LogP contribution < -0.4 is 4.74 Å². The smallest absolute Gasteiger partial charge is 0.310 e. The first kappa shape index (κ1) is 17.0. The molecule has 0 aliphatic carbocycles. The second-order valence-corrected chi connectivity index (χ2v) is 5.77. The van der Waals surface area contributed by atoms with Crippen molar-refractivity contribution in [3.63, 3.8) is 0 Å². The summed E-state index contributed by atoms with van der Waals surface area (Å²) in [6, 6.07) is 12.0. The van der Waals surface area contributed by atoms with E-state index in [0.717, 1.165) is 5.39 Å². The van der Waals surface area contributed by atoms with Gasteiger partial charge in [0.15, 0.2) is 6.61 Å². The van der Waals surface area contributed by atoms with E-state index < -0.39 is 5.97 Å². The third-order valence-corrected chi connectivity index (χ3v) is 4.07. The molecule has 0 spiro atoms. The monoisotopic (exact) mass is 358 g/mol. The Morgan fingerprint density at radius 1 is 1.16 bits per heavy atom. The lowest BCUT2D eigenvalue weighted by molar-refractivity contribution is -0.141. The summed E-state index contributed by atoms with van der Waals surface area (Å²) in [5, 5.41) is 1.13. The number of ketones is 1. The summed E-state index contributed by atoms with van der Waals surface area (Å²) in [5.74, 6) is -0.194. The summed E-state index contributed by atoms with van der Waals surface area (Å²) in [7, 11) is 1.57. The maximum Gasteiger partial charge on any atom is 0.310 e. The summed E-state index contributed by atoms with van der Waals surface area (Å²) in [6.07, 6.45) is 1.51. The standard InChI is InChI=1S/C19H15ClO5/c1-23-13-6-7-14-12(10-24-18(14)9-13)8-19(22)25-11-17(21)15-4-2-3-5-16(15)20/h2-7,9-10H,8,11H2,1H3. The van der Waals surface area contributed by atoms with Crippen LogP contribution in [0.5, 0.6) is 5.75 Å². The molecule has 1 heterocycles. The van der Waals surface area contributed by atoms with E-state index >= 15 is 0 Å². The van der Waals surface area contributed by atoms with Crippen molar-refractivity contribution in [3.05, 3.63) is 64.9 Å². The average molecular weight is 359 g/mol. The van der Waals surface area contributed by atoms with Crippen LogP contribution in [0, 0.1) is 0 Å². The highest BCUT2D eigenvalue weighted by Crippen LogP contribution is 2.26. The molecule has 128 valence electrons. The fourth-order valence-electron chi connectivity index (χ4n) is 2.45. The molecule has 2 aromatic carbocycles. The number of hydrogen-bond acceptors (Lipinski definition) is 5. The molecule has 3 rings (SSSR count). The zero-order valence-electron chi connectivity index (χ0n) is 13.5. The van der Waals surface area contributed by atoms with E-state index in [-0.39, 0.29) is 18.8 Å². The van der Waals surface area contributed by atoms with Crippen molar-refractivity contribution in [2.75, 3.05) is 13.7 Å². The van der Waals surface area contributed by atoms with E-state index in [4.69, 9.17) is 25.5 Å². The van der Waals surface area contributed by atoms with Crippen LogP contribution in [0.4, 0.5) is 0 Å². The average Bonchev–Trinajstić information content (AvgIpc) is 3.02. The van der Waals surface area contributed by atoms with Crippen LogP contribution in [0.1, 0.15) is 15.9 Å². The Morgan fingerprint density at radius 3 is 2.72 bits per heavy atom. The molecule has 0 N–H and O–H groups in total. The van der Waals surface area contributed by atoms with Crippen LogP contribution in [0.15, 0.2) is 53.1 Å². The molecule has 5 nitrogen and oxygen atoms in total. The number of fused-ring (bicyclic) bond motifs is 1. The number of halogens is 1. The minimum atomic E-state index is -0.515. The predicted octanol–water partition coefficient (Wildman–Crippen LogP) is 4.06. The van der Waals surface area contributed by atoms with Crippen LogP contribution in [-0.2, 0) is 16.0 Å². The van der Waals surface area contributed by atoms with Gasteiger partial charge in [-0.25, -0.2) is 0 Å². The van der Waals surface area contributed by atoms with Gasteiger partial charge >= 0.3 is 5.97 Å². The van der Waals surface area contributed by atoms with E-state index in [1.807, 2.05) is 6.07 Å². The van der Waals surface area contributed by atoms with Crippen LogP contribution in [0.2, 0.25) is 5.02 Å². The lowest BCUT2D eigenvalue weighted by Crippen LogP contribution is -2.15. The SMILES string of the molecule is COc1ccc2c(CC(=O)OCC(=O)c3ccccc3Cl)coc2c1. The fourth-order valence-corrected chi connectivity index (χ4v) is 2.69. The van der Waals surface area contributed by atoms with E-state index in [9.17, 15) is 9.59 Å². The zero-order chi connectivity index (χ0) is 17.8. The van der Waals surface area contributed by atoms with Gasteiger partial charge in [-0.15, -0.1) is 0 Å². The fraction of sp³-hybridized carbons (Fsp3) is 0.158. The van der Waals surface area contributed by atoms with Crippen molar-refractivity contribution in [1.29, 1.82) is 0 Å². The third kappa shape index (κ3) is 3.83. The third-order valence-electron chi connectivity index (χ3n) is 3.74. The van der Waals surface area contributed by atoms with E-state index in [1.54, 1.807) is 43.5 Å². The number of esters is 1. The van der Waals surface area contributed by atoms with E-state index in [2.05, 4.69) is 0 Å². The molecule has 0 radical (unpaired) electrons. The van der Waals surface area contributed by atoms with E-state index in [0.29, 0.717) is 27.5 Å². The highest BCUT2D eigenvalue weighted by molar-refractivity contribution is 6.34. The van der Waals surface area contributed by atoms with Gasteiger partial charge in [-0.05, 0) is 24.3 Å². The highest BCUT2D eigenvalue weighted by Gasteiger charge is 2.15. The molecule has 0 amide bonds. The van der Waals surface area contributed by atoms with Crippen molar-refractivity contribution in [2.24, 2.45) is 0 Å². The molecule has 0 fully saturated rings.